The third-order valence-corrected chi connectivity index (χ3v) is 5.17. The molecule has 2 amide bonds. The summed E-state index contributed by atoms with van der Waals surface area (Å²) in [5, 5.41) is 5.41. The molecule has 0 bridgehead atoms. The fourth-order valence-corrected chi connectivity index (χ4v) is 3.45. The van der Waals surface area contributed by atoms with Crippen molar-refractivity contribution in [1.82, 2.24) is 5.32 Å². The first-order valence-corrected chi connectivity index (χ1v) is 10.1. The molecule has 6 nitrogen and oxygen atoms in total. The zero-order valence-electron chi connectivity index (χ0n) is 17.2. The molecule has 2 N–H and O–H groups in total. The summed E-state index contributed by atoms with van der Waals surface area (Å²) in [5.41, 5.74) is 5.01. The molecule has 0 radical (unpaired) electrons. The number of hydrogen-bond donors (Lipinski definition) is 2. The lowest BCUT2D eigenvalue weighted by atomic mass is 10.1. The molecule has 0 atom stereocenters. The molecule has 2 aromatic rings. The van der Waals surface area contributed by atoms with E-state index in [-0.39, 0.29) is 0 Å². The molecular formula is C23H29N3O3. The van der Waals surface area contributed by atoms with Crippen LogP contribution in [0.15, 0.2) is 42.5 Å². The Bertz CT molecular complexity index is 823. The number of ether oxygens (including phenoxy) is 1. The zero-order valence-corrected chi connectivity index (χ0v) is 17.2. The number of morpholine rings is 1. The minimum atomic E-state index is -0.628. The summed E-state index contributed by atoms with van der Waals surface area (Å²) in [5.74, 6) is -1.23. The molecule has 1 fully saturated rings. The van der Waals surface area contributed by atoms with Crippen LogP contribution in [0.1, 0.15) is 23.1 Å². The fraction of sp³-hybridized carbons (Fsp3) is 0.391. The molecule has 3 rings (SSSR count). The van der Waals surface area contributed by atoms with Crippen molar-refractivity contribution in [1.29, 1.82) is 0 Å². The smallest absolute Gasteiger partial charge is 0.313 e. The zero-order chi connectivity index (χ0) is 20.6. The number of amides is 2. The summed E-state index contributed by atoms with van der Waals surface area (Å²) in [6.07, 6.45) is 1.63. The highest BCUT2D eigenvalue weighted by Crippen LogP contribution is 2.19. The van der Waals surface area contributed by atoms with Crippen LogP contribution in [0.25, 0.3) is 0 Å². The maximum Gasteiger partial charge on any atom is 0.313 e. The van der Waals surface area contributed by atoms with Gasteiger partial charge < -0.3 is 20.3 Å². The highest BCUT2D eigenvalue weighted by atomic mass is 16.5. The summed E-state index contributed by atoms with van der Waals surface area (Å²) >= 11 is 0. The van der Waals surface area contributed by atoms with Crippen molar-refractivity contribution in [2.75, 3.05) is 43.1 Å². The molecule has 6 heteroatoms. The van der Waals surface area contributed by atoms with Crippen LogP contribution in [0.3, 0.4) is 0 Å². The Morgan fingerprint density at radius 3 is 2.28 bits per heavy atom. The number of carbonyl (C=O) groups is 2. The number of aryl methyl sites for hydroxylation is 3. The monoisotopic (exact) mass is 395 g/mol. The number of nitrogens with one attached hydrogen (secondary N) is 2. The summed E-state index contributed by atoms with van der Waals surface area (Å²) < 4.78 is 5.39. The van der Waals surface area contributed by atoms with E-state index in [2.05, 4.69) is 39.8 Å². The summed E-state index contributed by atoms with van der Waals surface area (Å²) in [6, 6.07) is 14.3. The lowest BCUT2D eigenvalue weighted by Crippen LogP contribution is -2.36. The van der Waals surface area contributed by atoms with Crippen LogP contribution in [0, 0.1) is 13.8 Å². The maximum absolute atomic E-state index is 12.1. The van der Waals surface area contributed by atoms with Gasteiger partial charge in [0.2, 0.25) is 0 Å². The molecule has 29 heavy (non-hydrogen) atoms. The maximum atomic E-state index is 12.1. The standard InChI is InChI=1S/C23H29N3O3/c1-17-5-3-6-18(2)21(17)25-23(28)22(27)24-12-4-7-19-8-10-20(11-9-19)26-13-15-29-16-14-26/h3,5-6,8-11H,4,7,12-16H2,1-2H3,(H,24,27)(H,25,28). The van der Waals surface area contributed by atoms with E-state index in [1.54, 1.807) is 0 Å². The van der Waals surface area contributed by atoms with Crippen molar-refractivity contribution in [3.05, 3.63) is 59.2 Å². The number of anilines is 2. The molecule has 1 heterocycles. The molecule has 0 aliphatic carbocycles. The Balaban J connectivity index is 1.40. The first-order valence-electron chi connectivity index (χ1n) is 10.1. The predicted molar refractivity (Wildman–Crippen MR) is 115 cm³/mol. The average molecular weight is 396 g/mol. The summed E-state index contributed by atoms with van der Waals surface area (Å²) in [4.78, 5) is 26.5. The number of para-hydroxylation sites is 1. The van der Waals surface area contributed by atoms with Gasteiger partial charge in [-0.25, -0.2) is 0 Å². The Morgan fingerprint density at radius 1 is 0.966 bits per heavy atom. The Morgan fingerprint density at radius 2 is 1.62 bits per heavy atom. The van der Waals surface area contributed by atoms with Crippen LogP contribution in [0.4, 0.5) is 11.4 Å². The van der Waals surface area contributed by atoms with Gasteiger partial charge in [0.25, 0.3) is 0 Å². The molecule has 0 spiro atoms. The largest absolute Gasteiger partial charge is 0.378 e. The number of rotatable bonds is 6. The fourth-order valence-electron chi connectivity index (χ4n) is 3.45. The SMILES string of the molecule is Cc1cccc(C)c1NC(=O)C(=O)NCCCc1ccc(N2CCOCC2)cc1. The summed E-state index contributed by atoms with van der Waals surface area (Å²) in [7, 11) is 0. The Labute approximate surface area is 172 Å². The minimum absolute atomic E-state index is 0.463. The normalized spacial score (nSPS) is 13.8. The van der Waals surface area contributed by atoms with Gasteiger partial charge in [-0.3, -0.25) is 9.59 Å². The van der Waals surface area contributed by atoms with Crippen molar-refractivity contribution < 1.29 is 14.3 Å². The third kappa shape index (κ3) is 5.81. The van der Waals surface area contributed by atoms with E-state index in [0.29, 0.717) is 12.2 Å². The molecule has 0 unspecified atom stereocenters. The van der Waals surface area contributed by atoms with E-state index in [4.69, 9.17) is 4.74 Å². The Kier molecular flexibility index (Phi) is 7.25. The molecule has 1 aliphatic heterocycles. The van der Waals surface area contributed by atoms with E-state index in [0.717, 1.165) is 50.3 Å². The van der Waals surface area contributed by atoms with Crippen LogP contribution >= 0.6 is 0 Å². The second-order valence-electron chi connectivity index (χ2n) is 7.35. The first kappa shape index (κ1) is 20.9. The summed E-state index contributed by atoms with van der Waals surface area (Å²) in [6.45, 7) is 7.68. The molecule has 1 aliphatic rings. The molecule has 154 valence electrons. The second-order valence-corrected chi connectivity index (χ2v) is 7.35. The lowest BCUT2D eigenvalue weighted by Gasteiger charge is -2.28. The number of benzene rings is 2. The first-order chi connectivity index (χ1) is 14.0. The average Bonchev–Trinajstić information content (AvgIpc) is 2.74. The van der Waals surface area contributed by atoms with Gasteiger partial charge in [-0.15, -0.1) is 0 Å². The Hall–Kier alpha value is -2.86. The van der Waals surface area contributed by atoms with Crippen molar-refractivity contribution in [2.45, 2.75) is 26.7 Å². The highest BCUT2D eigenvalue weighted by Gasteiger charge is 2.15. The van der Waals surface area contributed by atoms with Crippen LogP contribution in [0.2, 0.25) is 0 Å². The van der Waals surface area contributed by atoms with E-state index in [1.807, 2.05) is 32.0 Å². The van der Waals surface area contributed by atoms with Crippen LogP contribution in [-0.4, -0.2) is 44.7 Å². The van der Waals surface area contributed by atoms with Gasteiger partial charge in [-0.2, -0.15) is 0 Å². The van der Waals surface area contributed by atoms with Crippen LogP contribution in [-0.2, 0) is 20.7 Å². The van der Waals surface area contributed by atoms with Crippen LogP contribution in [0.5, 0.6) is 0 Å². The highest BCUT2D eigenvalue weighted by molar-refractivity contribution is 6.39. The quantitative estimate of drug-likeness (QED) is 0.583. The van der Waals surface area contributed by atoms with Crippen molar-refractivity contribution >= 4 is 23.2 Å². The molecule has 0 aromatic heterocycles. The number of hydrogen-bond acceptors (Lipinski definition) is 4. The van der Waals surface area contributed by atoms with Gasteiger partial charge >= 0.3 is 11.8 Å². The van der Waals surface area contributed by atoms with Gasteiger partial charge in [0.1, 0.15) is 0 Å². The van der Waals surface area contributed by atoms with Crippen molar-refractivity contribution in [2.24, 2.45) is 0 Å². The molecule has 0 saturated carbocycles. The van der Waals surface area contributed by atoms with Crippen LogP contribution < -0.4 is 15.5 Å². The van der Waals surface area contributed by atoms with Gasteiger partial charge in [-0.05, 0) is 55.5 Å². The van der Waals surface area contributed by atoms with E-state index < -0.39 is 11.8 Å². The van der Waals surface area contributed by atoms with Crippen molar-refractivity contribution in [3.8, 4) is 0 Å². The van der Waals surface area contributed by atoms with Gasteiger partial charge in [0.05, 0.1) is 13.2 Å². The number of nitrogens with zero attached hydrogens (tertiary/aromatic N) is 1. The lowest BCUT2D eigenvalue weighted by molar-refractivity contribution is -0.136. The van der Waals surface area contributed by atoms with Gasteiger partial charge in [0.15, 0.2) is 0 Å². The topological polar surface area (TPSA) is 70.7 Å². The molecular weight excluding hydrogens is 366 g/mol. The second kappa shape index (κ2) is 10.1. The third-order valence-electron chi connectivity index (χ3n) is 5.17. The molecule has 2 aromatic carbocycles. The van der Waals surface area contributed by atoms with E-state index in [1.165, 1.54) is 11.3 Å². The van der Waals surface area contributed by atoms with Gasteiger partial charge in [-0.1, -0.05) is 30.3 Å². The number of carbonyl (C=O) groups excluding carboxylic acids is 2. The minimum Gasteiger partial charge on any atom is -0.378 e. The van der Waals surface area contributed by atoms with E-state index in [9.17, 15) is 9.59 Å². The van der Waals surface area contributed by atoms with Crippen molar-refractivity contribution in [3.63, 3.8) is 0 Å². The predicted octanol–water partition coefficient (Wildman–Crippen LogP) is 2.83. The van der Waals surface area contributed by atoms with E-state index >= 15 is 0 Å². The van der Waals surface area contributed by atoms with Gasteiger partial charge in [0, 0.05) is 31.0 Å². The molecule has 1 saturated heterocycles.